The molecule has 1 heterocycles. The van der Waals surface area contributed by atoms with Crippen LogP contribution < -0.4 is 10.2 Å². The molecule has 0 aliphatic rings. The van der Waals surface area contributed by atoms with E-state index in [1.54, 1.807) is 6.33 Å². The lowest BCUT2D eigenvalue weighted by molar-refractivity contribution is 0.654. The molecule has 1 rings (SSSR count). The number of anilines is 2. The predicted molar refractivity (Wildman–Crippen MR) is 73.7 cm³/mol. The molecule has 4 heteroatoms. The summed E-state index contributed by atoms with van der Waals surface area (Å²) < 4.78 is 0. The van der Waals surface area contributed by atoms with E-state index in [0.717, 1.165) is 36.6 Å². The smallest absolute Gasteiger partial charge is 0.137 e. The monoisotopic (exact) mass is 236 g/mol. The van der Waals surface area contributed by atoms with Gasteiger partial charge in [0.1, 0.15) is 18.0 Å². The molecule has 1 N–H and O–H groups in total. The topological polar surface area (TPSA) is 41.1 Å². The van der Waals surface area contributed by atoms with Crippen LogP contribution in [0.1, 0.15) is 39.2 Å². The maximum absolute atomic E-state index is 4.39. The Bertz CT molecular complexity index is 351. The van der Waals surface area contributed by atoms with Gasteiger partial charge in [-0.15, -0.1) is 0 Å². The Morgan fingerprint density at radius 2 is 2.06 bits per heavy atom. The largest absolute Gasteiger partial charge is 0.370 e. The molecule has 0 aliphatic carbocycles. The van der Waals surface area contributed by atoms with Crippen LogP contribution in [0.2, 0.25) is 0 Å². The highest BCUT2D eigenvalue weighted by molar-refractivity contribution is 5.57. The van der Waals surface area contributed by atoms with Crippen LogP contribution in [0.3, 0.4) is 0 Å². The van der Waals surface area contributed by atoms with Gasteiger partial charge in [-0.3, -0.25) is 0 Å². The summed E-state index contributed by atoms with van der Waals surface area (Å²) in [4.78, 5) is 10.9. The number of nitrogens with one attached hydrogen (secondary N) is 1. The maximum atomic E-state index is 4.39. The first-order valence-corrected chi connectivity index (χ1v) is 6.40. The Hall–Kier alpha value is -1.32. The lowest BCUT2D eigenvalue weighted by Crippen LogP contribution is -2.29. The highest BCUT2D eigenvalue weighted by Crippen LogP contribution is 2.23. The Morgan fingerprint density at radius 3 is 2.65 bits per heavy atom. The van der Waals surface area contributed by atoms with Gasteiger partial charge >= 0.3 is 0 Å². The van der Waals surface area contributed by atoms with Crippen molar-refractivity contribution in [1.82, 2.24) is 9.97 Å². The van der Waals surface area contributed by atoms with E-state index in [-0.39, 0.29) is 0 Å². The van der Waals surface area contributed by atoms with E-state index in [4.69, 9.17) is 0 Å². The van der Waals surface area contributed by atoms with Crippen molar-refractivity contribution >= 4 is 11.6 Å². The van der Waals surface area contributed by atoms with Crippen molar-refractivity contribution in [2.45, 2.75) is 46.6 Å². The number of hydrogen-bond donors (Lipinski definition) is 1. The second-order valence-corrected chi connectivity index (χ2v) is 4.47. The molecule has 1 aromatic heterocycles. The first kappa shape index (κ1) is 13.7. The normalized spacial score (nSPS) is 12.3. The van der Waals surface area contributed by atoms with Gasteiger partial charge in [-0.1, -0.05) is 13.8 Å². The van der Waals surface area contributed by atoms with Crippen molar-refractivity contribution in [3.05, 3.63) is 11.9 Å². The van der Waals surface area contributed by atoms with Gasteiger partial charge in [-0.25, -0.2) is 9.97 Å². The van der Waals surface area contributed by atoms with Crippen molar-refractivity contribution in [3.63, 3.8) is 0 Å². The summed E-state index contributed by atoms with van der Waals surface area (Å²) in [5, 5.41) is 3.34. The first-order chi connectivity index (χ1) is 8.11. The summed E-state index contributed by atoms with van der Waals surface area (Å²) in [6.45, 7) is 9.57. The molecule has 1 atom stereocenters. The van der Waals surface area contributed by atoms with Gasteiger partial charge in [-0.05, 0) is 26.7 Å². The third kappa shape index (κ3) is 3.32. The molecule has 96 valence electrons. The standard InChI is InChI=1S/C13H24N4/c1-6-8-14-12-11(4)13(16-9-15-12)17(5)10(3)7-2/h9-10H,6-8H2,1-5H3,(H,14,15,16). The molecule has 0 aromatic carbocycles. The van der Waals surface area contributed by atoms with Crippen LogP contribution in [-0.4, -0.2) is 29.6 Å². The van der Waals surface area contributed by atoms with E-state index in [9.17, 15) is 0 Å². The molecule has 1 unspecified atom stereocenters. The molecular weight excluding hydrogens is 212 g/mol. The summed E-state index contributed by atoms with van der Waals surface area (Å²) in [7, 11) is 2.09. The highest BCUT2D eigenvalue weighted by Gasteiger charge is 2.14. The Morgan fingerprint density at radius 1 is 1.35 bits per heavy atom. The predicted octanol–water partition coefficient (Wildman–Crippen LogP) is 2.84. The van der Waals surface area contributed by atoms with Crippen molar-refractivity contribution in [2.75, 3.05) is 23.8 Å². The van der Waals surface area contributed by atoms with E-state index in [2.05, 4.69) is 54.9 Å². The summed E-state index contributed by atoms with van der Waals surface area (Å²) in [5.41, 5.74) is 1.13. The zero-order valence-electron chi connectivity index (χ0n) is 11.6. The highest BCUT2D eigenvalue weighted by atomic mass is 15.2. The van der Waals surface area contributed by atoms with Gasteiger partial charge in [0.15, 0.2) is 0 Å². The van der Waals surface area contributed by atoms with Gasteiger partial charge in [0.2, 0.25) is 0 Å². The number of hydrogen-bond acceptors (Lipinski definition) is 4. The molecule has 0 bridgehead atoms. The van der Waals surface area contributed by atoms with E-state index in [1.165, 1.54) is 0 Å². The Labute approximate surface area is 104 Å². The minimum absolute atomic E-state index is 0.489. The van der Waals surface area contributed by atoms with Gasteiger partial charge in [0.25, 0.3) is 0 Å². The molecule has 0 spiro atoms. The number of aromatic nitrogens is 2. The zero-order chi connectivity index (χ0) is 12.8. The Kier molecular flexibility index (Phi) is 5.19. The van der Waals surface area contributed by atoms with E-state index in [1.807, 2.05) is 0 Å². The summed E-state index contributed by atoms with van der Waals surface area (Å²) in [6, 6.07) is 0.489. The van der Waals surface area contributed by atoms with E-state index in [0.29, 0.717) is 6.04 Å². The fourth-order valence-electron chi connectivity index (χ4n) is 1.70. The van der Waals surface area contributed by atoms with Gasteiger partial charge in [-0.2, -0.15) is 0 Å². The van der Waals surface area contributed by atoms with Gasteiger partial charge in [0.05, 0.1) is 0 Å². The average Bonchev–Trinajstić information content (AvgIpc) is 2.35. The zero-order valence-corrected chi connectivity index (χ0v) is 11.6. The van der Waals surface area contributed by atoms with Crippen LogP contribution in [0.15, 0.2) is 6.33 Å². The van der Waals surface area contributed by atoms with E-state index < -0.39 is 0 Å². The van der Waals surface area contributed by atoms with Crippen LogP contribution in [-0.2, 0) is 0 Å². The fraction of sp³-hybridized carbons (Fsp3) is 0.692. The van der Waals surface area contributed by atoms with Gasteiger partial charge < -0.3 is 10.2 Å². The third-order valence-electron chi connectivity index (χ3n) is 3.19. The van der Waals surface area contributed by atoms with Gasteiger partial charge in [0, 0.05) is 25.2 Å². The minimum Gasteiger partial charge on any atom is -0.370 e. The van der Waals surface area contributed by atoms with Crippen molar-refractivity contribution < 1.29 is 0 Å². The van der Waals surface area contributed by atoms with Crippen LogP contribution in [0, 0.1) is 6.92 Å². The van der Waals surface area contributed by atoms with Crippen molar-refractivity contribution in [3.8, 4) is 0 Å². The lowest BCUT2D eigenvalue weighted by atomic mass is 10.2. The van der Waals surface area contributed by atoms with Crippen LogP contribution in [0.25, 0.3) is 0 Å². The SMILES string of the molecule is CCCNc1ncnc(N(C)C(C)CC)c1C. The molecule has 0 amide bonds. The molecule has 4 nitrogen and oxygen atoms in total. The fourth-order valence-corrected chi connectivity index (χ4v) is 1.70. The summed E-state index contributed by atoms with van der Waals surface area (Å²) >= 11 is 0. The van der Waals surface area contributed by atoms with E-state index >= 15 is 0 Å². The van der Waals surface area contributed by atoms with Crippen molar-refractivity contribution in [2.24, 2.45) is 0 Å². The average molecular weight is 236 g/mol. The Balaban J connectivity index is 2.93. The second kappa shape index (κ2) is 6.42. The van der Waals surface area contributed by atoms with Crippen LogP contribution >= 0.6 is 0 Å². The number of nitrogens with zero attached hydrogens (tertiary/aromatic N) is 3. The summed E-state index contributed by atoms with van der Waals surface area (Å²) in [5.74, 6) is 1.97. The molecule has 0 radical (unpaired) electrons. The second-order valence-electron chi connectivity index (χ2n) is 4.47. The molecule has 0 saturated heterocycles. The molecule has 0 aliphatic heterocycles. The molecule has 1 aromatic rings. The molecule has 0 fully saturated rings. The summed E-state index contributed by atoms with van der Waals surface area (Å²) in [6.07, 6.45) is 3.84. The maximum Gasteiger partial charge on any atom is 0.137 e. The molecular formula is C13H24N4. The minimum atomic E-state index is 0.489. The number of rotatable bonds is 6. The van der Waals surface area contributed by atoms with Crippen LogP contribution in [0.4, 0.5) is 11.6 Å². The quantitative estimate of drug-likeness (QED) is 0.824. The molecule has 17 heavy (non-hydrogen) atoms. The van der Waals surface area contributed by atoms with Crippen LogP contribution in [0.5, 0.6) is 0 Å². The first-order valence-electron chi connectivity index (χ1n) is 6.40. The molecule has 0 saturated carbocycles. The third-order valence-corrected chi connectivity index (χ3v) is 3.19. The van der Waals surface area contributed by atoms with Crippen molar-refractivity contribution in [1.29, 1.82) is 0 Å². The lowest BCUT2D eigenvalue weighted by Gasteiger charge is -2.26.